The van der Waals surface area contributed by atoms with Gasteiger partial charge in [-0.25, -0.2) is 17.2 Å². The Bertz CT molecular complexity index is 1910. The second kappa shape index (κ2) is 15.7. The summed E-state index contributed by atoms with van der Waals surface area (Å²) in [4.78, 5) is 31.3. The number of carbonyl (C=O) groups excluding carboxylic acids is 2. The fraction of sp³-hybridized carbons (Fsp3) is 0.524. The van der Waals surface area contributed by atoms with Crippen LogP contribution in [0.3, 0.4) is 0 Å². The van der Waals surface area contributed by atoms with Crippen LogP contribution in [0.4, 0.5) is 14.5 Å². The van der Waals surface area contributed by atoms with E-state index in [0.29, 0.717) is 18.5 Å². The van der Waals surface area contributed by atoms with Gasteiger partial charge >= 0.3 is 5.97 Å². The van der Waals surface area contributed by atoms with Gasteiger partial charge in [-0.1, -0.05) is 18.6 Å². The highest BCUT2D eigenvalue weighted by atomic mass is 32.2. The molecule has 1 aliphatic carbocycles. The Morgan fingerprint density at radius 1 is 0.889 bits per heavy atom. The number of rotatable bonds is 13. The Balaban J connectivity index is 1.01. The minimum absolute atomic E-state index is 0.0939. The third-order valence-corrected chi connectivity index (χ3v) is 14.5. The molecule has 1 saturated carbocycles. The van der Waals surface area contributed by atoms with E-state index >= 15 is 8.78 Å². The summed E-state index contributed by atoms with van der Waals surface area (Å²) in [6.07, 6.45) is 6.27. The van der Waals surface area contributed by atoms with Crippen LogP contribution < -0.4 is 10.2 Å². The first-order valence-corrected chi connectivity index (χ1v) is 20.8. The van der Waals surface area contributed by atoms with Gasteiger partial charge in [-0.3, -0.25) is 14.5 Å². The summed E-state index contributed by atoms with van der Waals surface area (Å²) in [5.41, 5.74) is 0.457. The average Bonchev–Trinajstić information content (AvgIpc) is 3.62. The van der Waals surface area contributed by atoms with Gasteiger partial charge in [0.15, 0.2) is 5.67 Å². The number of benzene rings is 3. The summed E-state index contributed by atoms with van der Waals surface area (Å²) in [5.74, 6) is -0.0627. The number of piperidine rings is 1. The first kappa shape index (κ1) is 38.4. The van der Waals surface area contributed by atoms with Crippen molar-refractivity contribution in [3.8, 4) is 0 Å². The Kier molecular flexibility index (Phi) is 11.2. The van der Waals surface area contributed by atoms with Gasteiger partial charge in [0.2, 0.25) is 9.84 Å². The summed E-state index contributed by atoms with van der Waals surface area (Å²) in [5, 5.41) is 2.52. The zero-order valence-electron chi connectivity index (χ0n) is 31.3. The molecule has 290 valence electrons. The van der Waals surface area contributed by atoms with Gasteiger partial charge < -0.3 is 19.9 Å². The maximum atomic E-state index is 16.2. The van der Waals surface area contributed by atoms with Crippen LogP contribution in [0.1, 0.15) is 60.9 Å². The van der Waals surface area contributed by atoms with Gasteiger partial charge in [0.05, 0.1) is 30.0 Å². The van der Waals surface area contributed by atoms with E-state index < -0.39 is 15.5 Å². The Hall–Kier alpha value is -3.87. The molecule has 3 aromatic carbocycles. The van der Waals surface area contributed by atoms with Gasteiger partial charge in [-0.2, -0.15) is 0 Å². The number of amides is 1. The number of hydrogen-bond donors (Lipinski definition) is 1. The molecule has 0 unspecified atom stereocenters. The van der Waals surface area contributed by atoms with Crippen molar-refractivity contribution in [1.29, 1.82) is 0 Å². The highest BCUT2D eigenvalue weighted by Crippen LogP contribution is 2.54. The number of sulfone groups is 1. The molecule has 1 N–H and O–H groups in total. The lowest BCUT2D eigenvalue weighted by molar-refractivity contribution is -0.142. The summed E-state index contributed by atoms with van der Waals surface area (Å²) in [6.45, 7) is 5.16. The maximum absolute atomic E-state index is 16.2. The predicted molar refractivity (Wildman–Crippen MR) is 204 cm³/mol. The lowest BCUT2D eigenvalue weighted by Gasteiger charge is -2.54. The largest absolute Gasteiger partial charge is 0.469 e. The smallest absolute Gasteiger partial charge is 0.305 e. The number of alkyl halides is 1. The molecule has 1 amide bonds. The normalized spacial score (nSPS) is 23.2. The summed E-state index contributed by atoms with van der Waals surface area (Å²) in [6, 6.07) is 19.5. The third-order valence-electron chi connectivity index (χ3n) is 12.7. The number of methoxy groups -OCH3 is 1. The fourth-order valence-electron chi connectivity index (χ4n) is 9.86. The number of anilines is 1. The molecule has 7 rings (SSSR count). The molecule has 4 fully saturated rings. The Labute approximate surface area is 318 Å². The molecule has 54 heavy (non-hydrogen) atoms. The fourth-order valence-corrected chi connectivity index (χ4v) is 11.1. The first-order chi connectivity index (χ1) is 25.9. The number of halogens is 2. The topological polar surface area (TPSA) is 99.3 Å². The summed E-state index contributed by atoms with van der Waals surface area (Å²) in [7, 11) is -0.827. The van der Waals surface area contributed by atoms with Crippen LogP contribution in [-0.4, -0.2) is 102 Å². The van der Waals surface area contributed by atoms with E-state index in [1.807, 2.05) is 11.0 Å². The average molecular weight is 763 g/mol. The molecule has 0 bridgehead atoms. The zero-order chi connectivity index (χ0) is 38.1. The number of carbonyl (C=O) groups is 2. The van der Waals surface area contributed by atoms with Gasteiger partial charge in [0, 0.05) is 43.2 Å². The predicted octanol–water partition coefficient (Wildman–Crippen LogP) is 5.88. The van der Waals surface area contributed by atoms with E-state index in [4.69, 9.17) is 4.74 Å². The quantitative estimate of drug-likeness (QED) is 0.216. The van der Waals surface area contributed by atoms with Crippen molar-refractivity contribution in [2.45, 2.75) is 65.8 Å². The van der Waals surface area contributed by atoms with Gasteiger partial charge in [0.25, 0.3) is 5.91 Å². The Morgan fingerprint density at radius 2 is 1.56 bits per heavy atom. The molecule has 3 heterocycles. The van der Waals surface area contributed by atoms with Crippen molar-refractivity contribution in [2.24, 2.45) is 17.8 Å². The Morgan fingerprint density at radius 3 is 2.15 bits per heavy atom. The molecule has 4 aliphatic rings. The minimum atomic E-state index is -3.79. The molecule has 3 aromatic rings. The van der Waals surface area contributed by atoms with Crippen molar-refractivity contribution < 1.29 is 31.5 Å². The van der Waals surface area contributed by atoms with E-state index in [1.165, 1.54) is 44.5 Å². The number of ether oxygens (including phenoxy) is 1. The van der Waals surface area contributed by atoms with Crippen molar-refractivity contribution in [1.82, 2.24) is 15.1 Å². The molecule has 0 aromatic heterocycles. The van der Waals surface area contributed by atoms with Crippen LogP contribution in [0.25, 0.3) is 0 Å². The van der Waals surface area contributed by atoms with Gasteiger partial charge in [0.1, 0.15) is 5.82 Å². The highest BCUT2D eigenvalue weighted by molar-refractivity contribution is 7.91. The molecule has 12 heteroatoms. The highest BCUT2D eigenvalue weighted by Gasteiger charge is 2.53. The number of esters is 1. The SMILES string of the molecule is CNC(=O)c1ccc(S(=O)(=O)c2ccc(N3CC(F)(CN4CCC([C@@](CN5CCC5)(c5cccc(F)c5)[C@H]5CCC[C@@H]5CC(=O)OC)CC4)C3)cc2)cc1. The van der Waals surface area contributed by atoms with Gasteiger partial charge in [-0.05, 0) is 142 Å². The molecular weight excluding hydrogens is 711 g/mol. The van der Waals surface area contributed by atoms with Crippen molar-refractivity contribution in [3.05, 3.63) is 89.7 Å². The molecule has 3 atom stereocenters. The molecule has 3 saturated heterocycles. The van der Waals surface area contributed by atoms with Crippen LogP contribution in [-0.2, 0) is 24.8 Å². The maximum Gasteiger partial charge on any atom is 0.305 e. The molecular formula is C42H52F2N4O5S. The number of likely N-dealkylation sites (tertiary alicyclic amines) is 2. The zero-order valence-corrected chi connectivity index (χ0v) is 32.1. The van der Waals surface area contributed by atoms with Gasteiger partial charge in [-0.15, -0.1) is 0 Å². The number of hydrogen-bond acceptors (Lipinski definition) is 8. The minimum Gasteiger partial charge on any atom is -0.469 e. The third kappa shape index (κ3) is 7.66. The van der Waals surface area contributed by atoms with Crippen molar-refractivity contribution >= 4 is 27.4 Å². The van der Waals surface area contributed by atoms with E-state index in [0.717, 1.165) is 82.5 Å². The van der Waals surface area contributed by atoms with Crippen LogP contribution >= 0.6 is 0 Å². The molecule has 0 spiro atoms. The standard InChI is InChI=1S/C42H52F2N4O5S/c1-45-40(50)30-10-14-36(15-11-30)54(51,52)37-16-12-35(13-17-37)48-27-41(44,28-48)26-47-22-18-32(19-23-47)42(29-46-20-5-21-46,33-7-4-8-34(43)25-33)38-9-3-6-31(38)24-39(49)53-2/h4,7-8,10-17,25,31-32,38H,3,5-6,9,18-24,26-29H2,1-2H3,(H,45,50)/t31-,38+,42+/m1/s1. The molecule has 0 radical (unpaired) electrons. The lowest BCUT2D eigenvalue weighted by Crippen LogP contribution is -2.64. The summed E-state index contributed by atoms with van der Waals surface area (Å²) >= 11 is 0. The second-order valence-electron chi connectivity index (χ2n) is 15.9. The van der Waals surface area contributed by atoms with Crippen LogP contribution in [0, 0.1) is 23.6 Å². The summed E-state index contributed by atoms with van der Waals surface area (Å²) < 4.78 is 62.9. The van der Waals surface area contributed by atoms with Crippen LogP contribution in [0.2, 0.25) is 0 Å². The monoisotopic (exact) mass is 762 g/mol. The van der Waals surface area contributed by atoms with E-state index in [-0.39, 0.29) is 63.7 Å². The van der Waals surface area contributed by atoms with Crippen LogP contribution in [0.5, 0.6) is 0 Å². The van der Waals surface area contributed by atoms with Crippen LogP contribution in [0.15, 0.2) is 82.6 Å². The second-order valence-corrected chi connectivity index (χ2v) is 17.9. The van der Waals surface area contributed by atoms with E-state index in [2.05, 4.69) is 21.2 Å². The van der Waals surface area contributed by atoms with Crippen molar-refractivity contribution in [2.75, 3.05) is 71.4 Å². The van der Waals surface area contributed by atoms with E-state index in [9.17, 15) is 18.0 Å². The van der Waals surface area contributed by atoms with E-state index in [1.54, 1.807) is 30.3 Å². The number of nitrogens with one attached hydrogen (secondary N) is 1. The lowest BCUT2D eigenvalue weighted by atomic mass is 9.56. The molecule has 9 nitrogen and oxygen atoms in total. The van der Waals surface area contributed by atoms with Crippen molar-refractivity contribution in [3.63, 3.8) is 0 Å². The molecule has 3 aliphatic heterocycles. The first-order valence-electron chi connectivity index (χ1n) is 19.3. The number of nitrogens with zero attached hydrogens (tertiary/aromatic N) is 3.